The van der Waals surface area contributed by atoms with E-state index >= 15 is 0 Å². The van der Waals surface area contributed by atoms with Gasteiger partial charge in [0.05, 0.1) is 6.21 Å². The van der Waals surface area contributed by atoms with Crippen LogP contribution in [0.2, 0.25) is 5.02 Å². The van der Waals surface area contributed by atoms with Crippen molar-refractivity contribution in [2.24, 2.45) is 5.10 Å². The summed E-state index contributed by atoms with van der Waals surface area (Å²) in [5.41, 5.74) is 4.17. The normalized spacial score (nSPS) is 10.8. The van der Waals surface area contributed by atoms with Gasteiger partial charge < -0.3 is 9.15 Å². The lowest BCUT2D eigenvalue weighted by atomic mass is 10.2. The number of aryl methyl sites for hydroxylation is 1. The lowest BCUT2D eigenvalue weighted by Crippen LogP contribution is -2.16. The molecule has 132 valence electrons. The fourth-order valence-electron chi connectivity index (χ4n) is 2.20. The van der Waals surface area contributed by atoms with Gasteiger partial charge >= 0.3 is 5.91 Å². The number of furan rings is 1. The van der Waals surface area contributed by atoms with Crippen molar-refractivity contribution in [2.45, 2.75) is 13.5 Å². The molecular formula is C20H17ClN2O3. The average Bonchev–Trinajstić information content (AvgIpc) is 3.09. The molecule has 0 aliphatic rings. The Balaban J connectivity index is 1.52. The third-order valence-corrected chi connectivity index (χ3v) is 3.94. The van der Waals surface area contributed by atoms with Crippen molar-refractivity contribution in [1.82, 2.24) is 5.43 Å². The smallest absolute Gasteiger partial charge is 0.307 e. The Morgan fingerprint density at radius 1 is 1.15 bits per heavy atom. The first-order valence-corrected chi connectivity index (χ1v) is 8.36. The van der Waals surface area contributed by atoms with Crippen LogP contribution in [-0.4, -0.2) is 12.1 Å². The van der Waals surface area contributed by atoms with Crippen LogP contribution < -0.4 is 10.2 Å². The van der Waals surface area contributed by atoms with Gasteiger partial charge in [-0.2, -0.15) is 5.10 Å². The molecule has 1 N–H and O–H groups in total. The number of rotatable bonds is 6. The van der Waals surface area contributed by atoms with E-state index in [0.717, 1.165) is 16.9 Å². The summed E-state index contributed by atoms with van der Waals surface area (Å²) in [5.74, 6) is 1.22. The summed E-state index contributed by atoms with van der Waals surface area (Å²) in [7, 11) is 0. The summed E-state index contributed by atoms with van der Waals surface area (Å²) >= 11 is 6.11. The highest BCUT2D eigenvalue weighted by Gasteiger charge is 2.08. The molecule has 0 bridgehead atoms. The lowest BCUT2D eigenvalue weighted by Gasteiger charge is -2.07. The van der Waals surface area contributed by atoms with Crippen LogP contribution in [0.1, 0.15) is 27.4 Å². The summed E-state index contributed by atoms with van der Waals surface area (Å²) in [6.45, 7) is 2.17. The summed E-state index contributed by atoms with van der Waals surface area (Å²) in [6, 6.07) is 18.2. The van der Waals surface area contributed by atoms with E-state index in [1.165, 1.54) is 0 Å². The molecule has 0 saturated heterocycles. The van der Waals surface area contributed by atoms with Crippen LogP contribution >= 0.6 is 11.6 Å². The number of nitrogens with one attached hydrogen (secondary N) is 1. The Kier molecular flexibility index (Phi) is 5.71. The zero-order chi connectivity index (χ0) is 18.4. The number of nitrogens with zero attached hydrogens (tertiary/aromatic N) is 1. The highest BCUT2D eigenvalue weighted by atomic mass is 35.5. The van der Waals surface area contributed by atoms with E-state index in [0.29, 0.717) is 17.4 Å². The standard InChI is InChI=1S/C20H17ClN2O3/c1-14-6-11-19(26-14)20(24)23-22-12-15-7-9-17(10-8-15)25-13-16-4-2-3-5-18(16)21/h2-12H,13H2,1H3,(H,23,24)/b22-12-. The molecule has 0 saturated carbocycles. The summed E-state index contributed by atoms with van der Waals surface area (Å²) in [4.78, 5) is 11.8. The molecule has 6 heteroatoms. The second-order valence-electron chi connectivity index (χ2n) is 5.56. The van der Waals surface area contributed by atoms with Crippen LogP contribution in [0.3, 0.4) is 0 Å². The molecule has 26 heavy (non-hydrogen) atoms. The largest absolute Gasteiger partial charge is 0.489 e. The van der Waals surface area contributed by atoms with Crippen molar-refractivity contribution in [3.63, 3.8) is 0 Å². The lowest BCUT2D eigenvalue weighted by molar-refractivity contribution is 0.0926. The van der Waals surface area contributed by atoms with Crippen molar-refractivity contribution in [3.05, 3.63) is 88.3 Å². The minimum Gasteiger partial charge on any atom is -0.489 e. The number of hydrogen-bond acceptors (Lipinski definition) is 4. The van der Waals surface area contributed by atoms with Gasteiger partial charge in [0.25, 0.3) is 0 Å². The number of halogens is 1. The van der Waals surface area contributed by atoms with Gasteiger partial charge in [-0.15, -0.1) is 0 Å². The van der Waals surface area contributed by atoms with Crippen LogP contribution in [-0.2, 0) is 6.61 Å². The molecule has 0 aliphatic heterocycles. The molecule has 3 aromatic rings. The molecule has 0 spiro atoms. The topological polar surface area (TPSA) is 63.8 Å². The van der Waals surface area contributed by atoms with Gasteiger partial charge in [-0.25, -0.2) is 5.43 Å². The average molecular weight is 369 g/mol. The maximum Gasteiger partial charge on any atom is 0.307 e. The van der Waals surface area contributed by atoms with E-state index in [4.69, 9.17) is 20.8 Å². The second-order valence-corrected chi connectivity index (χ2v) is 5.97. The monoisotopic (exact) mass is 368 g/mol. The van der Waals surface area contributed by atoms with Gasteiger partial charge in [0.15, 0.2) is 5.76 Å². The van der Waals surface area contributed by atoms with E-state index in [9.17, 15) is 4.79 Å². The zero-order valence-electron chi connectivity index (χ0n) is 14.1. The summed E-state index contributed by atoms with van der Waals surface area (Å²) in [6.07, 6.45) is 1.55. The molecule has 0 atom stereocenters. The molecule has 0 aliphatic carbocycles. The van der Waals surface area contributed by atoms with Gasteiger partial charge in [0, 0.05) is 10.6 Å². The second kappa shape index (κ2) is 8.36. The van der Waals surface area contributed by atoms with E-state index in [1.807, 2.05) is 48.5 Å². The fraction of sp³-hybridized carbons (Fsp3) is 0.100. The third kappa shape index (κ3) is 4.74. The number of ether oxygens (including phenoxy) is 1. The van der Waals surface area contributed by atoms with E-state index in [2.05, 4.69) is 10.5 Å². The zero-order valence-corrected chi connectivity index (χ0v) is 14.9. The number of hydrogen-bond donors (Lipinski definition) is 1. The van der Waals surface area contributed by atoms with Gasteiger partial charge in [-0.05, 0) is 55.0 Å². The summed E-state index contributed by atoms with van der Waals surface area (Å²) in [5, 5.41) is 4.60. The number of amides is 1. The van der Waals surface area contributed by atoms with Gasteiger partial charge in [0.2, 0.25) is 0 Å². The molecule has 5 nitrogen and oxygen atoms in total. The van der Waals surface area contributed by atoms with E-state index < -0.39 is 5.91 Å². The van der Waals surface area contributed by atoms with Crippen molar-refractivity contribution in [1.29, 1.82) is 0 Å². The van der Waals surface area contributed by atoms with Crippen molar-refractivity contribution >= 4 is 23.7 Å². The number of benzene rings is 2. The van der Waals surface area contributed by atoms with Crippen LogP contribution in [0.25, 0.3) is 0 Å². The fourth-order valence-corrected chi connectivity index (χ4v) is 2.39. The van der Waals surface area contributed by atoms with E-state index in [1.54, 1.807) is 25.3 Å². The molecule has 0 fully saturated rings. The number of carbonyl (C=O) groups excluding carboxylic acids is 1. The molecule has 2 aromatic carbocycles. The molecule has 1 heterocycles. The first-order valence-electron chi connectivity index (χ1n) is 7.98. The highest BCUT2D eigenvalue weighted by Crippen LogP contribution is 2.18. The Morgan fingerprint density at radius 3 is 2.62 bits per heavy atom. The van der Waals surface area contributed by atoms with Crippen molar-refractivity contribution < 1.29 is 13.9 Å². The van der Waals surface area contributed by atoms with Crippen LogP contribution in [0.5, 0.6) is 5.75 Å². The van der Waals surface area contributed by atoms with E-state index in [-0.39, 0.29) is 5.76 Å². The Labute approximate surface area is 156 Å². The minimum absolute atomic E-state index is 0.225. The Hall–Kier alpha value is -3.05. The van der Waals surface area contributed by atoms with Gasteiger partial charge in [0.1, 0.15) is 18.1 Å². The predicted molar refractivity (Wildman–Crippen MR) is 101 cm³/mol. The molecular weight excluding hydrogens is 352 g/mol. The molecule has 1 amide bonds. The number of hydrazone groups is 1. The summed E-state index contributed by atoms with van der Waals surface area (Å²) < 4.78 is 10.9. The molecule has 0 unspecified atom stereocenters. The van der Waals surface area contributed by atoms with Crippen LogP contribution in [0.4, 0.5) is 0 Å². The van der Waals surface area contributed by atoms with Crippen molar-refractivity contribution in [3.8, 4) is 5.75 Å². The maximum absolute atomic E-state index is 11.8. The van der Waals surface area contributed by atoms with Crippen LogP contribution in [0.15, 0.2) is 70.2 Å². The van der Waals surface area contributed by atoms with Crippen LogP contribution in [0, 0.1) is 6.92 Å². The SMILES string of the molecule is Cc1ccc(C(=O)N/N=C\c2ccc(OCc3ccccc3Cl)cc2)o1. The Morgan fingerprint density at radius 2 is 1.92 bits per heavy atom. The Bertz CT molecular complexity index is 917. The highest BCUT2D eigenvalue weighted by molar-refractivity contribution is 6.31. The minimum atomic E-state index is -0.394. The van der Waals surface area contributed by atoms with Gasteiger partial charge in [-0.1, -0.05) is 29.8 Å². The molecule has 1 aromatic heterocycles. The molecule has 0 radical (unpaired) electrons. The first kappa shape index (κ1) is 17.8. The van der Waals surface area contributed by atoms with Crippen molar-refractivity contribution in [2.75, 3.05) is 0 Å². The third-order valence-electron chi connectivity index (χ3n) is 3.58. The maximum atomic E-state index is 11.8. The van der Waals surface area contributed by atoms with Gasteiger partial charge in [-0.3, -0.25) is 4.79 Å². The quantitative estimate of drug-likeness (QED) is 0.511. The number of carbonyl (C=O) groups is 1. The first-order chi connectivity index (χ1) is 12.6. The predicted octanol–water partition coefficient (Wildman–Crippen LogP) is 4.58. The molecule has 3 rings (SSSR count).